The standard InChI is InChI=1S/C25H23N/c1-19-11-13-20(14-12-19)21-15-17-23(18-16-21)26-25-10-6-5-9-24(25)22-7-3-2-4-8-22/h2-11,13-19,26H,12H2,1H3. The monoisotopic (exact) mass is 337 g/mol. The highest BCUT2D eigenvalue weighted by molar-refractivity contribution is 5.82. The van der Waals surface area contributed by atoms with Crippen LogP contribution in [0.15, 0.2) is 97.1 Å². The molecular formula is C25H23N. The first-order valence-corrected chi connectivity index (χ1v) is 9.20. The fourth-order valence-electron chi connectivity index (χ4n) is 3.30. The molecular weight excluding hydrogens is 314 g/mol. The van der Waals surface area contributed by atoms with Gasteiger partial charge in [-0.25, -0.2) is 0 Å². The van der Waals surface area contributed by atoms with Crippen molar-refractivity contribution in [3.63, 3.8) is 0 Å². The molecule has 1 unspecified atom stereocenters. The zero-order valence-electron chi connectivity index (χ0n) is 15.0. The summed E-state index contributed by atoms with van der Waals surface area (Å²) in [5.41, 5.74) is 7.25. The van der Waals surface area contributed by atoms with Crippen LogP contribution in [0.5, 0.6) is 0 Å². The highest BCUT2D eigenvalue weighted by Crippen LogP contribution is 2.31. The first kappa shape index (κ1) is 16.4. The summed E-state index contributed by atoms with van der Waals surface area (Å²) in [6.45, 7) is 2.25. The molecule has 0 saturated heterocycles. The third-order valence-electron chi connectivity index (χ3n) is 4.82. The summed E-state index contributed by atoms with van der Waals surface area (Å²) < 4.78 is 0. The van der Waals surface area contributed by atoms with Gasteiger partial charge in [-0.1, -0.05) is 85.8 Å². The Labute approximate surface area is 155 Å². The van der Waals surface area contributed by atoms with Crippen molar-refractivity contribution in [1.29, 1.82) is 0 Å². The fourth-order valence-corrected chi connectivity index (χ4v) is 3.30. The number of nitrogens with one attached hydrogen (secondary N) is 1. The van der Waals surface area contributed by atoms with Gasteiger partial charge >= 0.3 is 0 Å². The number of anilines is 2. The minimum atomic E-state index is 0.647. The maximum Gasteiger partial charge on any atom is 0.0463 e. The number of benzene rings is 3. The molecule has 3 aromatic rings. The maximum atomic E-state index is 3.57. The lowest BCUT2D eigenvalue weighted by atomic mass is 9.94. The van der Waals surface area contributed by atoms with E-state index in [-0.39, 0.29) is 0 Å². The summed E-state index contributed by atoms with van der Waals surface area (Å²) in [4.78, 5) is 0. The van der Waals surface area contributed by atoms with E-state index in [1.165, 1.54) is 22.3 Å². The zero-order valence-corrected chi connectivity index (χ0v) is 15.0. The van der Waals surface area contributed by atoms with E-state index in [1.807, 2.05) is 6.07 Å². The normalized spacial score (nSPS) is 16.2. The van der Waals surface area contributed by atoms with Crippen molar-refractivity contribution in [3.05, 3.63) is 103 Å². The predicted molar refractivity (Wildman–Crippen MR) is 113 cm³/mol. The smallest absolute Gasteiger partial charge is 0.0463 e. The lowest BCUT2D eigenvalue weighted by molar-refractivity contribution is 0.739. The lowest BCUT2D eigenvalue weighted by Gasteiger charge is -2.14. The molecule has 4 rings (SSSR count). The number of allylic oxidation sites excluding steroid dienone is 4. The summed E-state index contributed by atoms with van der Waals surface area (Å²) in [5, 5.41) is 3.57. The van der Waals surface area contributed by atoms with Crippen molar-refractivity contribution >= 4 is 16.9 Å². The molecule has 0 fully saturated rings. The minimum Gasteiger partial charge on any atom is -0.355 e. The van der Waals surface area contributed by atoms with E-state index in [4.69, 9.17) is 0 Å². The summed E-state index contributed by atoms with van der Waals surface area (Å²) in [5.74, 6) is 0.647. The molecule has 0 saturated carbocycles. The first-order chi connectivity index (χ1) is 12.8. The molecule has 0 spiro atoms. The lowest BCUT2D eigenvalue weighted by Crippen LogP contribution is -1.95. The van der Waals surface area contributed by atoms with Crippen LogP contribution in [0.25, 0.3) is 16.7 Å². The Balaban J connectivity index is 1.57. The fraction of sp³-hybridized carbons (Fsp3) is 0.120. The van der Waals surface area contributed by atoms with E-state index in [9.17, 15) is 0 Å². The van der Waals surface area contributed by atoms with E-state index >= 15 is 0 Å². The van der Waals surface area contributed by atoms with Crippen molar-refractivity contribution in [1.82, 2.24) is 0 Å². The van der Waals surface area contributed by atoms with Gasteiger partial charge in [0.1, 0.15) is 0 Å². The SMILES string of the molecule is CC1C=CC(c2ccc(Nc3ccccc3-c3ccccc3)cc2)=CC1. The van der Waals surface area contributed by atoms with Gasteiger partial charge in [0.25, 0.3) is 0 Å². The highest BCUT2D eigenvalue weighted by atomic mass is 14.9. The predicted octanol–water partition coefficient (Wildman–Crippen LogP) is 7.08. The molecule has 128 valence electrons. The molecule has 1 aliphatic carbocycles. The molecule has 0 bridgehead atoms. The van der Waals surface area contributed by atoms with Crippen molar-refractivity contribution in [2.75, 3.05) is 5.32 Å². The largest absolute Gasteiger partial charge is 0.355 e. The van der Waals surface area contributed by atoms with Crippen molar-refractivity contribution in [3.8, 4) is 11.1 Å². The third-order valence-corrected chi connectivity index (χ3v) is 4.82. The number of hydrogen-bond acceptors (Lipinski definition) is 1. The molecule has 0 amide bonds. The van der Waals surface area contributed by atoms with E-state index in [0.29, 0.717) is 5.92 Å². The molecule has 1 N–H and O–H groups in total. The van der Waals surface area contributed by atoms with Crippen LogP contribution in [-0.4, -0.2) is 0 Å². The van der Waals surface area contributed by atoms with Crippen molar-refractivity contribution < 1.29 is 0 Å². The van der Waals surface area contributed by atoms with Crippen LogP contribution in [-0.2, 0) is 0 Å². The summed E-state index contributed by atoms with van der Waals surface area (Å²) in [6, 6.07) is 27.6. The average molecular weight is 337 g/mol. The Morgan fingerprint density at radius 2 is 1.50 bits per heavy atom. The van der Waals surface area contributed by atoms with Gasteiger partial charge in [-0.15, -0.1) is 0 Å². The van der Waals surface area contributed by atoms with Crippen LogP contribution < -0.4 is 5.32 Å². The molecule has 1 nitrogen and oxygen atoms in total. The molecule has 0 aromatic heterocycles. The van der Waals surface area contributed by atoms with E-state index in [0.717, 1.165) is 17.8 Å². The van der Waals surface area contributed by atoms with Gasteiger partial charge in [0.05, 0.1) is 0 Å². The van der Waals surface area contributed by atoms with E-state index < -0.39 is 0 Å². The molecule has 3 aromatic carbocycles. The second-order valence-corrected chi connectivity index (χ2v) is 6.85. The molecule has 0 aliphatic heterocycles. The van der Waals surface area contributed by atoms with Gasteiger partial charge < -0.3 is 5.32 Å². The minimum absolute atomic E-state index is 0.647. The van der Waals surface area contributed by atoms with Gasteiger partial charge in [0.15, 0.2) is 0 Å². The highest BCUT2D eigenvalue weighted by Gasteiger charge is 2.07. The summed E-state index contributed by atoms with van der Waals surface area (Å²) >= 11 is 0. The summed E-state index contributed by atoms with van der Waals surface area (Å²) in [7, 11) is 0. The van der Waals surface area contributed by atoms with Crippen LogP contribution in [0.3, 0.4) is 0 Å². The Bertz CT molecular complexity index is 933. The van der Waals surface area contributed by atoms with Gasteiger partial charge in [-0.3, -0.25) is 0 Å². The van der Waals surface area contributed by atoms with Crippen LogP contribution >= 0.6 is 0 Å². The van der Waals surface area contributed by atoms with Gasteiger partial charge in [-0.2, -0.15) is 0 Å². The number of rotatable bonds is 4. The molecule has 0 radical (unpaired) electrons. The van der Waals surface area contributed by atoms with Crippen LogP contribution in [0, 0.1) is 5.92 Å². The Morgan fingerprint density at radius 1 is 0.769 bits per heavy atom. The van der Waals surface area contributed by atoms with E-state index in [2.05, 4.69) is 103 Å². The number of hydrogen-bond donors (Lipinski definition) is 1. The molecule has 1 aliphatic rings. The Morgan fingerprint density at radius 3 is 2.23 bits per heavy atom. The van der Waals surface area contributed by atoms with Crippen LogP contribution in [0.1, 0.15) is 18.9 Å². The van der Waals surface area contributed by atoms with Gasteiger partial charge in [0.2, 0.25) is 0 Å². The van der Waals surface area contributed by atoms with Crippen LogP contribution in [0.2, 0.25) is 0 Å². The average Bonchev–Trinajstić information content (AvgIpc) is 2.70. The zero-order chi connectivity index (χ0) is 17.8. The maximum absolute atomic E-state index is 3.57. The third kappa shape index (κ3) is 3.62. The van der Waals surface area contributed by atoms with Crippen molar-refractivity contribution in [2.45, 2.75) is 13.3 Å². The topological polar surface area (TPSA) is 12.0 Å². The summed E-state index contributed by atoms with van der Waals surface area (Å²) in [6.07, 6.45) is 7.98. The second-order valence-electron chi connectivity index (χ2n) is 6.85. The van der Waals surface area contributed by atoms with Crippen LogP contribution in [0.4, 0.5) is 11.4 Å². The second kappa shape index (κ2) is 7.45. The Kier molecular flexibility index (Phi) is 4.70. The van der Waals surface area contributed by atoms with Crippen molar-refractivity contribution in [2.24, 2.45) is 5.92 Å². The molecule has 1 atom stereocenters. The first-order valence-electron chi connectivity index (χ1n) is 9.20. The molecule has 1 heteroatoms. The van der Waals surface area contributed by atoms with Gasteiger partial charge in [0, 0.05) is 16.9 Å². The Hall–Kier alpha value is -3.06. The van der Waals surface area contributed by atoms with Gasteiger partial charge in [-0.05, 0) is 47.2 Å². The molecule has 0 heterocycles. The van der Waals surface area contributed by atoms with E-state index in [1.54, 1.807) is 0 Å². The molecule has 26 heavy (non-hydrogen) atoms. The quantitative estimate of drug-likeness (QED) is 0.536. The number of para-hydroxylation sites is 1.